The Morgan fingerprint density at radius 1 is 0.757 bits per heavy atom. The van der Waals surface area contributed by atoms with Crippen molar-refractivity contribution < 1.29 is 46.9 Å². The van der Waals surface area contributed by atoms with Crippen molar-refractivity contribution in [3.8, 4) is 17.2 Å². The number of hydrogen-bond donors (Lipinski definition) is 1. The molecule has 0 saturated heterocycles. The van der Waals surface area contributed by atoms with Gasteiger partial charge in [-0.1, -0.05) is 12.1 Å². The summed E-state index contributed by atoms with van der Waals surface area (Å²) in [5.41, 5.74) is 0.927. The molecule has 1 N–H and O–H groups in total. The lowest BCUT2D eigenvalue weighted by atomic mass is 10.2. The molecule has 0 aromatic heterocycles. The van der Waals surface area contributed by atoms with Crippen LogP contribution in [-0.2, 0) is 4.79 Å². The number of aromatic carboxylic acids is 1. The zero-order valence-corrected chi connectivity index (χ0v) is 19.2. The highest BCUT2D eigenvalue weighted by molar-refractivity contribution is 5.91. The normalized spacial score (nSPS) is 11.2. The van der Waals surface area contributed by atoms with Gasteiger partial charge in [0, 0.05) is 12.5 Å². The van der Waals surface area contributed by atoms with Gasteiger partial charge in [0.15, 0.2) is 0 Å². The quantitative estimate of drug-likeness (QED) is 0.155. The summed E-state index contributed by atoms with van der Waals surface area (Å²) >= 11 is 0. The molecule has 37 heavy (non-hydrogen) atoms. The van der Waals surface area contributed by atoms with E-state index in [9.17, 15) is 27.6 Å². The lowest BCUT2D eigenvalue weighted by Gasteiger charge is -2.09. The van der Waals surface area contributed by atoms with E-state index in [2.05, 4.69) is 0 Å². The Hall–Kier alpha value is -4.60. The Labute approximate surface area is 209 Å². The molecule has 0 aliphatic rings. The van der Waals surface area contributed by atoms with Gasteiger partial charge in [0.1, 0.15) is 17.2 Å². The minimum Gasteiger partial charge on any atom is -0.494 e. The van der Waals surface area contributed by atoms with E-state index < -0.39 is 30.5 Å². The Morgan fingerprint density at radius 2 is 1.30 bits per heavy atom. The first-order valence-electron chi connectivity index (χ1n) is 10.9. The maximum Gasteiger partial charge on any atom is 0.389 e. The zero-order valence-electron chi connectivity index (χ0n) is 19.2. The maximum atomic E-state index is 12.3. The molecule has 3 rings (SSSR count). The van der Waals surface area contributed by atoms with Crippen molar-refractivity contribution in [2.75, 3.05) is 6.61 Å². The molecule has 0 aliphatic heterocycles. The Morgan fingerprint density at radius 3 is 1.89 bits per heavy atom. The number of carbonyl (C=O) groups excluding carboxylic acids is 2. The number of carboxylic acid groups (broad SMARTS) is 1. The van der Waals surface area contributed by atoms with Crippen LogP contribution in [0, 0.1) is 0 Å². The summed E-state index contributed by atoms with van der Waals surface area (Å²) in [4.78, 5) is 35.1. The van der Waals surface area contributed by atoms with Crippen molar-refractivity contribution in [2.45, 2.75) is 19.0 Å². The minimum absolute atomic E-state index is 0.0699. The van der Waals surface area contributed by atoms with E-state index in [4.69, 9.17) is 19.3 Å². The lowest BCUT2D eigenvalue weighted by Crippen LogP contribution is -2.10. The Balaban J connectivity index is 1.47. The molecule has 0 atom stereocenters. The van der Waals surface area contributed by atoms with Gasteiger partial charge in [0.2, 0.25) is 0 Å². The minimum atomic E-state index is -4.23. The summed E-state index contributed by atoms with van der Waals surface area (Å²) in [6.07, 6.45) is -2.63. The van der Waals surface area contributed by atoms with E-state index in [-0.39, 0.29) is 35.7 Å². The van der Waals surface area contributed by atoms with Crippen LogP contribution in [0.5, 0.6) is 17.2 Å². The van der Waals surface area contributed by atoms with Crippen LogP contribution in [0.2, 0.25) is 0 Å². The third-order valence-electron chi connectivity index (χ3n) is 4.79. The van der Waals surface area contributed by atoms with E-state index in [1.807, 2.05) is 0 Å². The van der Waals surface area contributed by atoms with Gasteiger partial charge in [-0.15, -0.1) is 0 Å². The van der Waals surface area contributed by atoms with Gasteiger partial charge in [-0.25, -0.2) is 14.4 Å². The third-order valence-corrected chi connectivity index (χ3v) is 4.79. The predicted octanol–water partition coefficient (Wildman–Crippen LogP) is 5.94. The van der Waals surface area contributed by atoms with Crippen LogP contribution < -0.4 is 14.2 Å². The summed E-state index contributed by atoms with van der Waals surface area (Å²) in [7, 11) is 0. The van der Waals surface area contributed by atoms with Gasteiger partial charge in [-0.05, 0) is 78.7 Å². The van der Waals surface area contributed by atoms with Gasteiger partial charge in [0.25, 0.3) is 0 Å². The fourth-order valence-corrected chi connectivity index (χ4v) is 2.94. The van der Waals surface area contributed by atoms with Crippen molar-refractivity contribution in [3.05, 3.63) is 95.6 Å². The number of halogens is 3. The molecule has 7 nitrogen and oxygen atoms in total. The van der Waals surface area contributed by atoms with Crippen molar-refractivity contribution in [1.29, 1.82) is 0 Å². The predicted molar refractivity (Wildman–Crippen MR) is 127 cm³/mol. The van der Waals surface area contributed by atoms with E-state index >= 15 is 0 Å². The molecule has 3 aromatic carbocycles. The van der Waals surface area contributed by atoms with Crippen LogP contribution in [0.25, 0.3) is 6.08 Å². The van der Waals surface area contributed by atoms with Crippen LogP contribution in [-0.4, -0.2) is 35.8 Å². The number of alkyl halides is 3. The van der Waals surface area contributed by atoms with E-state index in [1.54, 1.807) is 12.1 Å². The average molecular weight is 514 g/mol. The fourth-order valence-electron chi connectivity index (χ4n) is 2.94. The number of rotatable bonds is 10. The second kappa shape index (κ2) is 12.4. The van der Waals surface area contributed by atoms with Gasteiger partial charge < -0.3 is 19.3 Å². The maximum absolute atomic E-state index is 12.3. The van der Waals surface area contributed by atoms with Crippen LogP contribution in [0.1, 0.15) is 39.1 Å². The molecular formula is C27H21F3O7. The Kier molecular flexibility index (Phi) is 9.04. The molecule has 0 aliphatic carbocycles. The summed E-state index contributed by atoms with van der Waals surface area (Å²) in [5.74, 6) is -1.59. The first kappa shape index (κ1) is 27.0. The number of esters is 2. The average Bonchev–Trinajstić information content (AvgIpc) is 2.86. The highest BCUT2D eigenvalue weighted by atomic mass is 19.4. The van der Waals surface area contributed by atoms with Crippen molar-refractivity contribution >= 4 is 24.0 Å². The number of benzene rings is 3. The van der Waals surface area contributed by atoms with Crippen LogP contribution in [0.15, 0.2) is 78.9 Å². The summed E-state index contributed by atoms with van der Waals surface area (Å²) < 4.78 is 52.1. The highest BCUT2D eigenvalue weighted by Crippen LogP contribution is 2.22. The number of hydrogen-bond acceptors (Lipinski definition) is 6. The molecule has 0 heterocycles. The van der Waals surface area contributed by atoms with E-state index in [0.717, 1.165) is 0 Å². The van der Waals surface area contributed by atoms with Gasteiger partial charge >= 0.3 is 24.1 Å². The topological polar surface area (TPSA) is 99.1 Å². The lowest BCUT2D eigenvalue weighted by molar-refractivity contribution is -0.136. The monoisotopic (exact) mass is 514 g/mol. The fraction of sp³-hybridized carbons (Fsp3) is 0.148. The SMILES string of the molecule is O=C(C=Cc1ccc(OC(=O)c2ccc(OCCCC(F)(F)F)cc2)cc1)Oc1ccc(C(=O)O)cc1. The van der Waals surface area contributed by atoms with Crippen LogP contribution in [0.4, 0.5) is 13.2 Å². The molecule has 192 valence electrons. The summed E-state index contributed by atoms with van der Waals surface area (Å²) in [6.45, 7) is -0.0955. The van der Waals surface area contributed by atoms with Gasteiger partial charge in [-0.3, -0.25) is 0 Å². The molecule has 0 unspecified atom stereocenters. The summed E-state index contributed by atoms with van der Waals surface area (Å²) in [5, 5.41) is 8.88. The molecule has 0 fully saturated rings. The molecule has 0 bridgehead atoms. The molecule has 3 aromatic rings. The molecule has 0 spiro atoms. The zero-order chi connectivity index (χ0) is 26.8. The summed E-state index contributed by atoms with van der Waals surface area (Å²) in [6, 6.07) is 17.5. The first-order chi connectivity index (χ1) is 17.6. The largest absolute Gasteiger partial charge is 0.494 e. The van der Waals surface area contributed by atoms with Crippen LogP contribution in [0.3, 0.4) is 0 Å². The standard InChI is InChI=1S/C27H21F3O7/c28-27(29,30)16-1-17-35-21-11-7-20(8-12-21)26(34)37-23-9-2-18(3-10-23)4-15-24(31)36-22-13-5-19(6-14-22)25(32)33/h2-15H,1,16-17H2,(H,32,33). The number of ether oxygens (including phenoxy) is 3. The molecule has 0 amide bonds. The first-order valence-corrected chi connectivity index (χ1v) is 10.9. The molecule has 0 saturated carbocycles. The van der Waals surface area contributed by atoms with Crippen molar-refractivity contribution in [2.24, 2.45) is 0 Å². The van der Waals surface area contributed by atoms with Crippen molar-refractivity contribution in [3.63, 3.8) is 0 Å². The highest BCUT2D eigenvalue weighted by Gasteiger charge is 2.26. The number of carbonyl (C=O) groups is 3. The van der Waals surface area contributed by atoms with Gasteiger partial charge in [-0.2, -0.15) is 13.2 Å². The smallest absolute Gasteiger partial charge is 0.389 e. The molecule has 0 radical (unpaired) electrons. The second-order valence-corrected chi connectivity index (χ2v) is 7.63. The molecule has 10 heteroatoms. The third kappa shape index (κ3) is 9.17. The van der Waals surface area contributed by atoms with E-state index in [0.29, 0.717) is 11.3 Å². The molecular weight excluding hydrogens is 493 g/mol. The number of carboxylic acids is 1. The van der Waals surface area contributed by atoms with Gasteiger partial charge in [0.05, 0.1) is 17.7 Å². The van der Waals surface area contributed by atoms with E-state index in [1.165, 1.54) is 72.8 Å². The second-order valence-electron chi connectivity index (χ2n) is 7.63. The van der Waals surface area contributed by atoms with Crippen molar-refractivity contribution in [1.82, 2.24) is 0 Å². The Bertz CT molecular complexity index is 1250. The van der Waals surface area contributed by atoms with Crippen LogP contribution >= 0.6 is 0 Å².